The minimum absolute atomic E-state index is 0.0965. The maximum Gasteiger partial charge on any atom is 0.303 e. The van der Waals surface area contributed by atoms with Gasteiger partial charge in [-0.15, -0.1) is 0 Å². The first-order valence-corrected chi connectivity index (χ1v) is 10.00. The van der Waals surface area contributed by atoms with Gasteiger partial charge in [0.1, 0.15) is 6.10 Å². The summed E-state index contributed by atoms with van der Waals surface area (Å²) in [6, 6.07) is -0.231. The Morgan fingerprint density at radius 2 is 1.45 bits per heavy atom. The third kappa shape index (κ3) is 12.1. The molecule has 0 aromatic carbocycles. The van der Waals surface area contributed by atoms with Crippen molar-refractivity contribution < 1.29 is 48.9 Å². The Morgan fingerprint density at radius 1 is 0.968 bits per heavy atom. The smallest absolute Gasteiger partial charge is 0.303 e. The third-order valence-corrected chi connectivity index (χ3v) is 4.32. The summed E-state index contributed by atoms with van der Waals surface area (Å²) in [4.78, 5) is 35.4. The van der Waals surface area contributed by atoms with Crippen molar-refractivity contribution >= 4 is 17.8 Å². The molecular weight excluding hydrogens is 396 g/mol. The molecule has 2 aliphatic rings. The molecule has 7 nitrogen and oxygen atoms in total. The van der Waals surface area contributed by atoms with E-state index in [1.54, 1.807) is 0 Å². The van der Waals surface area contributed by atoms with Crippen LogP contribution in [0.5, 0.6) is 0 Å². The highest BCUT2D eigenvalue weighted by Gasteiger charge is 2.32. The fraction of sp³-hybridized carbons (Fsp3) is 0.875. The number of hydrogen-bond acceptors (Lipinski definition) is 5. The molecule has 2 fully saturated rings. The van der Waals surface area contributed by atoms with Gasteiger partial charge in [-0.3, -0.25) is 14.4 Å². The lowest BCUT2D eigenvalue weighted by Crippen LogP contribution is -2.42. The second-order valence-electron chi connectivity index (χ2n) is 7.41. The standard InChI is InChI=1S/C13H23NO3.C11H21NO2/c1-4-5-6-9(2)12(17-10(3)15)13(16)14-11-7-8-11;1-3-4-5-8(2)10(13)11(14)12-9-6-7-9/h9,11-12H,4-8H2,1-3H3,(H,14,16);8-10,13H,3-7H2,1-2H3,(H,12,14)/i1D3,4D2,5D2,6D2;1D3,3D2,4D2,5D2. The molecule has 0 aromatic rings. The fourth-order valence-corrected chi connectivity index (χ4v) is 2.27. The Labute approximate surface area is 213 Å². The Hall–Kier alpha value is -1.63. The summed E-state index contributed by atoms with van der Waals surface area (Å²) in [7, 11) is 0. The summed E-state index contributed by atoms with van der Waals surface area (Å²) in [5.41, 5.74) is 0. The van der Waals surface area contributed by atoms with Crippen molar-refractivity contribution in [1.82, 2.24) is 10.6 Å². The largest absolute Gasteiger partial charge is 0.452 e. The molecule has 180 valence electrons. The van der Waals surface area contributed by atoms with Crippen LogP contribution in [0.1, 0.15) is 123 Å². The van der Waals surface area contributed by atoms with Gasteiger partial charge in [0.05, 0.1) is 0 Å². The molecule has 2 rings (SSSR count). The predicted octanol–water partition coefficient (Wildman–Crippen LogP) is 3.48. The van der Waals surface area contributed by atoms with Gasteiger partial charge in [0.15, 0.2) is 6.10 Å². The molecule has 2 saturated carbocycles. The molecule has 0 aromatic heterocycles. The Kier molecular flexibility index (Phi) is 4.91. The first-order chi connectivity index (χ1) is 21.5. The number of carbonyl (C=O) groups is 3. The van der Waals surface area contributed by atoms with Gasteiger partial charge in [-0.2, -0.15) is 0 Å². The van der Waals surface area contributed by atoms with E-state index in [4.69, 9.17) is 29.4 Å². The molecule has 0 spiro atoms. The van der Waals surface area contributed by atoms with Crippen molar-refractivity contribution in [3.63, 3.8) is 0 Å². The Bertz CT molecular complexity index is 1200. The number of aliphatic hydroxyl groups is 1. The number of rotatable bonds is 13. The summed E-state index contributed by atoms with van der Waals surface area (Å²) < 4.78 is 141. The van der Waals surface area contributed by atoms with Crippen LogP contribution in [-0.4, -0.2) is 47.2 Å². The van der Waals surface area contributed by atoms with Crippen molar-refractivity contribution in [2.45, 2.75) is 123 Å². The van der Waals surface area contributed by atoms with E-state index >= 15 is 0 Å². The van der Waals surface area contributed by atoms with E-state index in [1.165, 1.54) is 0 Å². The van der Waals surface area contributed by atoms with Crippen molar-refractivity contribution in [2.24, 2.45) is 11.8 Å². The highest BCUT2D eigenvalue weighted by Crippen LogP contribution is 2.22. The number of esters is 1. The highest BCUT2D eigenvalue weighted by atomic mass is 16.5. The summed E-state index contributed by atoms with van der Waals surface area (Å²) in [6.07, 6.45) is -21.0. The number of ether oxygens (including phenoxy) is 1. The average Bonchev–Trinajstić information content (AvgIpc) is 3.86. The summed E-state index contributed by atoms with van der Waals surface area (Å²) in [6.45, 7) is -3.74. The first kappa shape index (κ1) is 10.5. The Balaban J connectivity index is 0.000000494. The number of hydrogen-bond donors (Lipinski definition) is 3. The molecule has 0 bridgehead atoms. The summed E-state index contributed by atoms with van der Waals surface area (Å²) >= 11 is 0. The van der Waals surface area contributed by atoms with E-state index in [0.29, 0.717) is 12.8 Å². The van der Waals surface area contributed by atoms with Gasteiger partial charge >= 0.3 is 5.97 Å². The number of nitrogens with one attached hydrogen (secondary N) is 2. The Morgan fingerprint density at radius 3 is 1.90 bits per heavy atom. The van der Waals surface area contributed by atoms with Crippen LogP contribution < -0.4 is 10.6 Å². The molecule has 7 heteroatoms. The van der Waals surface area contributed by atoms with Crippen LogP contribution >= 0.6 is 0 Å². The zero-order valence-electron chi connectivity index (χ0n) is 35.9. The second kappa shape index (κ2) is 14.4. The van der Waals surface area contributed by atoms with Gasteiger partial charge < -0.3 is 20.5 Å². The van der Waals surface area contributed by atoms with Crippen LogP contribution in [0.4, 0.5) is 0 Å². The van der Waals surface area contributed by atoms with Crippen LogP contribution in [0.15, 0.2) is 0 Å². The van der Waals surface area contributed by atoms with Gasteiger partial charge in [-0.25, -0.2) is 0 Å². The molecule has 0 radical (unpaired) electrons. The van der Waals surface area contributed by atoms with Crippen LogP contribution in [-0.2, 0) is 19.1 Å². The first-order valence-electron chi connectivity index (χ1n) is 19.0. The minimum atomic E-state index is -3.55. The van der Waals surface area contributed by atoms with E-state index < -0.39 is 93.8 Å². The van der Waals surface area contributed by atoms with Crippen molar-refractivity contribution in [2.75, 3.05) is 0 Å². The minimum Gasteiger partial charge on any atom is -0.452 e. The lowest BCUT2D eigenvalue weighted by atomic mass is 9.97. The lowest BCUT2D eigenvalue weighted by molar-refractivity contribution is -0.157. The van der Waals surface area contributed by atoms with Crippen LogP contribution in [0.3, 0.4) is 0 Å². The SMILES string of the molecule is [2H]C([2H])([2H])C([2H])([2H])C([2H])([2H])C([2H])([2H])C(C)C(O)C(=O)NC1CC1.[2H]C([2H])([2H])C([2H])([2H])C([2H])([2H])C([2H])([2H])C(C)C(OC(C)=O)C(=O)NC1CC1. The molecule has 0 saturated heterocycles. The molecule has 4 atom stereocenters. The topological polar surface area (TPSA) is 105 Å². The summed E-state index contributed by atoms with van der Waals surface area (Å²) in [5, 5.41) is 14.9. The van der Waals surface area contributed by atoms with E-state index in [9.17, 15) is 19.5 Å². The van der Waals surface area contributed by atoms with Crippen LogP contribution in [0.2, 0.25) is 0 Å². The molecular formula is C24H44N2O5. The molecule has 31 heavy (non-hydrogen) atoms. The highest BCUT2D eigenvalue weighted by molar-refractivity contribution is 5.84. The normalized spacial score (nSPS) is 31.4. The van der Waals surface area contributed by atoms with E-state index in [0.717, 1.165) is 33.6 Å². The van der Waals surface area contributed by atoms with Crippen molar-refractivity contribution in [3.8, 4) is 0 Å². The number of carbonyl (C=O) groups excluding carboxylic acids is 3. The monoisotopic (exact) mass is 458 g/mol. The molecule has 0 heterocycles. The van der Waals surface area contributed by atoms with E-state index in [-0.39, 0.29) is 12.1 Å². The van der Waals surface area contributed by atoms with Gasteiger partial charge in [0, 0.05) is 49.6 Å². The molecule has 0 aliphatic heterocycles. The van der Waals surface area contributed by atoms with Crippen molar-refractivity contribution in [1.29, 1.82) is 0 Å². The average molecular weight is 459 g/mol. The zero-order chi connectivity index (χ0) is 39.1. The van der Waals surface area contributed by atoms with Crippen LogP contribution in [0, 0.1) is 11.8 Å². The predicted molar refractivity (Wildman–Crippen MR) is 121 cm³/mol. The van der Waals surface area contributed by atoms with Crippen molar-refractivity contribution in [3.05, 3.63) is 0 Å². The van der Waals surface area contributed by atoms with Gasteiger partial charge in [0.25, 0.3) is 5.91 Å². The second-order valence-corrected chi connectivity index (χ2v) is 7.41. The maximum absolute atomic E-state index is 12.3. The molecule has 4 unspecified atom stereocenters. The van der Waals surface area contributed by atoms with Crippen LogP contribution in [0.25, 0.3) is 0 Å². The van der Waals surface area contributed by atoms with Gasteiger partial charge in [-0.05, 0) is 44.3 Å². The maximum atomic E-state index is 12.3. The number of aliphatic hydroxyl groups excluding tert-OH is 1. The molecule has 2 amide bonds. The lowest BCUT2D eigenvalue weighted by Gasteiger charge is -2.22. The van der Waals surface area contributed by atoms with Gasteiger partial charge in [-0.1, -0.05) is 53.0 Å². The third-order valence-electron chi connectivity index (χ3n) is 4.32. The van der Waals surface area contributed by atoms with E-state index in [2.05, 4.69) is 10.6 Å². The van der Waals surface area contributed by atoms with Gasteiger partial charge in [0.2, 0.25) is 5.91 Å². The number of amides is 2. The molecule has 2 aliphatic carbocycles. The summed E-state index contributed by atoms with van der Waals surface area (Å²) in [5.74, 6) is -5.92. The quantitative estimate of drug-likeness (QED) is 0.367. The zero-order valence-corrected chi connectivity index (χ0v) is 17.9. The molecule has 3 N–H and O–H groups in total. The van der Waals surface area contributed by atoms with E-state index in [1.807, 2.05) is 0 Å². The fourth-order valence-electron chi connectivity index (χ4n) is 2.27.